The Labute approximate surface area is 198 Å². The van der Waals surface area contributed by atoms with Gasteiger partial charge in [-0.05, 0) is 62.2 Å². The smallest absolute Gasteiger partial charge is 0.310 e. The molecule has 9 heteroatoms. The molecule has 0 aliphatic carbocycles. The molecule has 0 N–H and O–H groups in total. The van der Waals surface area contributed by atoms with Gasteiger partial charge in [-0.15, -0.1) is 0 Å². The van der Waals surface area contributed by atoms with Crippen LogP contribution in [0.5, 0.6) is 5.75 Å². The van der Waals surface area contributed by atoms with Crippen LogP contribution in [0.2, 0.25) is 5.02 Å². The van der Waals surface area contributed by atoms with Gasteiger partial charge in [-0.1, -0.05) is 11.6 Å². The maximum atomic E-state index is 13.7. The summed E-state index contributed by atoms with van der Waals surface area (Å²) >= 11 is 6.28. The minimum Gasteiger partial charge on any atom is -0.497 e. The van der Waals surface area contributed by atoms with Gasteiger partial charge in [0, 0.05) is 29.7 Å². The quantitative estimate of drug-likeness (QED) is 0.472. The maximum absolute atomic E-state index is 13.7. The van der Waals surface area contributed by atoms with Crippen LogP contribution in [0.25, 0.3) is 10.9 Å². The van der Waals surface area contributed by atoms with E-state index in [0.29, 0.717) is 53.5 Å². The van der Waals surface area contributed by atoms with Gasteiger partial charge >= 0.3 is 5.97 Å². The van der Waals surface area contributed by atoms with Gasteiger partial charge in [0.25, 0.3) is 0 Å². The van der Waals surface area contributed by atoms with Gasteiger partial charge in [-0.2, -0.15) is 0 Å². The topological polar surface area (TPSA) is 85.8 Å². The van der Waals surface area contributed by atoms with Crippen LogP contribution in [0.4, 0.5) is 5.69 Å². The van der Waals surface area contributed by atoms with Crippen molar-refractivity contribution in [1.82, 2.24) is 4.98 Å². The minimum absolute atomic E-state index is 0.0759. The molecule has 0 spiro atoms. The highest BCUT2D eigenvalue weighted by Gasteiger charge is 2.32. The summed E-state index contributed by atoms with van der Waals surface area (Å²) in [5, 5.41) is 1.10. The monoisotopic (exact) mass is 488 g/mol. The third kappa shape index (κ3) is 4.63. The van der Waals surface area contributed by atoms with E-state index in [1.165, 1.54) is 25.4 Å². The lowest BCUT2D eigenvalue weighted by Gasteiger charge is -2.35. The van der Waals surface area contributed by atoms with E-state index in [2.05, 4.69) is 4.98 Å². The van der Waals surface area contributed by atoms with Gasteiger partial charge in [-0.3, -0.25) is 9.78 Å². The molecule has 1 aliphatic rings. The van der Waals surface area contributed by atoms with Crippen molar-refractivity contribution >= 4 is 44.0 Å². The van der Waals surface area contributed by atoms with E-state index < -0.39 is 9.84 Å². The van der Waals surface area contributed by atoms with Crippen LogP contribution in [-0.2, 0) is 19.4 Å². The number of piperidine rings is 1. The number of halogens is 1. The van der Waals surface area contributed by atoms with E-state index >= 15 is 0 Å². The number of fused-ring (bicyclic) bond motifs is 1. The van der Waals surface area contributed by atoms with Crippen molar-refractivity contribution in [2.45, 2.75) is 29.6 Å². The predicted octanol–water partition coefficient (Wildman–Crippen LogP) is 4.51. The molecule has 0 radical (unpaired) electrons. The van der Waals surface area contributed by atoms with Crippen molar-refractivity contribution in [2.24, 2.45) is 5.92 Å². The van der Waals surface area contributed by atoms with E-state index in [4.69, 9.17) is 21.1 Å². The summed E-state index contributed by atoms with van der Waals surface area (Å²) in [6.07, 6.45) is 2.81. The number of anilines is 1. The number of rotatable bonds is 6. The molecule has 0 saturated carbocycles. The average Bonchev–Trinajstić information content (AvgIpc) is 2.83. The molecule has 0 unspecified atom stereocenters. The first kappa shape index (κ1) is 23.3. The van der Waals surface area contributed by atoms with Crippen LogP contribution >= 0.6 is 11.6 Å². The number of carbonyl (C=O) groups is 1. The van der Waals surface area contributed by atoms with Crippen LogP contribution < -0.4 is 9.64 Å². The summed E-state index contributed by atoms with van der Waals surface area (Å²) in [4.78, 5) is 19.0. The predicted molar refractivity (Wildman–Crippen MR) is 127 cm³/mol. The van der Waals surface area contributed by atoms with E-state index in [9.17, 15) is 13.2 Å². The lowest BCUT2D eigenvalue weighted by molar-refractivity contribution is -0.148. The third-order valence-electron chi connectivity index (χ3n) is 5.78. The Hall–Kier alpha value is -2.84. The number of esters is 1. The lowest BCUT2D eigenvalue weighted by atomic mass is 9.97. The molecular weight excluding hydrogens is 464 g/mol. The molecule has 2 aromatic carbocycles. The molecule has 7 nitrogen and oxygen atoms in total. The number of hydrogen-bond acceptors (Lipinski definition) is 7. The zero-order chi connectivity index (χ0) is 23.6. The first-order valence-corrected chi connectivity index (χ1v) is 12.6. The Bertz CT molecular complexity index is 1280. The second-order valence-corrected chi connectivity index (χ2v) is 10.2. The van der Waals surface area contributed by atoms with Crippen molar-refractivity contribution in [3.05, 3.63) is 53.7 Å². The molecular formula is C24H25ClN2O5S. The zero-order valence-electron chi connectivity index (χ0n) is 18.5. The lowest BCUT2D eigenvalue weighted by Crippen LogP contribution is -2.40. The normalized spacial score (nSPS) is 16.6. The van der Waals surface area contributed by atoms with Crippen molar-refractivity contribution in [3.63, 3.8) is 0 Å². The number of ether oxygens (including phenoxy) is 2. The molecule has 1 fully saturated rings. The Morgan fingerprint density at radius 2 is 1.97 bits per heavy atom. The Kier molecular flexibility index (Phi) is 6.76. The minimum atomic E-state index is -3.92. The Morgan fingerprint density at radius 1 is 1.21 bits per heavy atom. The summed E-state index contributed by atoms with van der Waals surface area (Å²) in [7, 11) is -2.39. The van der Waals surface area contributed by atoms with Crippen molar-refractivity contribution in [2.75, 3.05) is 31.7 Å². The van der Waals surface area contributed by atoms with E-state index in [0.717, 1.165) is 6.42 Å². The highest BCUT2D eigenvalue weighted by atomic mass is 35.5. The number of nitrogens with zero attached hydrogens (tertiary/aromatic N) is 2. The second-order valence-electron chi connectivity index (χ2n) is 7.85. The van der Waals surface area contributed by atoms with Crippen LogP contribution in [0.1, 0.15) is 19.8 Å². The van der Waals surface area contributed by atoms with Crippen LogP contribution in [0.15, 0.2) is 58.5 Å². The molecule has 1 atom stereocenters. The zero-order valence-corrected chi connectivity index (χ0v) is 20.0. The SMILES string of the molecule is CCOC(=O)[C@@H]1CCCN(c2c(S(=O)(=O)c3ccc(OC)cc3)cnc3ccc(Cl)cc23)C1. The number of pyridine rings is 1. The fourth-order valence-electron chi connectivity index (χ4n) is 4.17. The number of sulfone groups is 1. The summed E-state index contributed by atoms with van der Waals surface area (Å²) in [6.45, 7) is 3.04. The maximum Gasteiger partial charge on any atom is 0.310 e. The highest BCUT2D eigenvalue weighted by Crippen LogP contribution is 2.39. The number of carbonyl (C=O) groups excluding carboxylic acids is 1. The number of aromatic nitrogens is 1. The summed E-state index contributed by atoms with van der Waals surface area (Å²) in [6, 6.07) is 11.4. The van der Waals surface area contributed by atoms with Gasteiger partial charge < -0.3 is 14.4 Å². The molecule has 1 aromatic heterocycles. The van der Waals surface area contributed by atoms with Gasteiger partial charge in [0.15, 0.2) is 0 Å². The molecule has 4 rings (SSSR count). The van der Waals surface area contributed by atoms with Crippen molar-refractivity contribution in [1.29, 1.82) is 0 Å². The first-order valence-electron chi connectivity index (χ1n) is 10.7. The molecule has 3 aromatic rings. The fourth-order valence-corrected chi connectivity index (χ4v) is 5.78. The largest absolute Gasteiger partial charge is 0.497 e. The molecule has 1 saturated heterocycles. The molecule has 0 bridgehead atoms. The Balaban J connectivity index is 1.87. The van der Waals surface area contributed by atoms with Crippen LogP contribution in [-0.4, -0.2) is 46.2 Å². The first-order chi connectivity index (χ1) is 15.8. The van der Waals surface area contributed by atoms with Crippen molar-refractivity contribution in [3.8, 4) is 5.75 Å². The molecule has 174 valence electrons. The van der Waals surface area contributed by atoms with E-state index in [-0.39, 0.29) is 21.7 Å². The summed E-state index contributed by atoms with van der Waals surface area (Å²) < 4.78 is 37.8. The summed E-state index contributed by atoms with van der Waals surface area (Å²) in [5.74, 6) is -0.0401. The molecule has 0 amide bonds. The highest BCUT2D eigenvalue weighted by molar-refractivity contribution is 7.91. The van der Waals surface area contributed by atoms with Gasteiger partial charge in [-0.25, -0.2) is 8.42 Å². The molecule has 1 aliphatic heterocycles. The van der Waals surface area contributed by atoms with E-state index in [1.54, 1.807) is 37.3 Å². The number of methoxy groups -OCH3 is 1. The molecule has 2 heterocycles. The molecule has 33 heavy (non-hydrogen) atoms. The van der Waals surface area contributed by atoms with Gasteiger partial charge in [0.05, 0.1) is 35.7 Å². The average molecular weight is 489 g/mol. The second kappa shape index (κ2) is 9.57. The summed E-state index contributed by atoms with van der Waals surface area (Å²) in [5.41, 5.74) is 1.13. The third-order valence-corrected chi connectivity index (χ3v) is 7.79. The number of benzene rings is 2. The van der Waals surface area contributed by atoms with Gasteiger partial charge in [0.1, 0.15) is 10.6 Å². The van der Waals surface area contributed by atoms with E-state index in [1.807, 2.05) is 4.90 Å². The van der Waals surface area contributed by atoms with Crippen molar-refractivity contribution < 1.29 is 22.7 Å². The van der Waals surface area contributed by atoms with Crippen LogP contribution in [0, 0.1) is 5.92 Å². The van der Waals surface area contributed by atoms with Crippen LogP contribution in [0.3, 0.4) is 0 Å². The Morgan fingerprint density at radius 3 is 2.67 bits per heavy atom. The number of hydrogen-bond donors (Lipinski definition) is 0. The van der Waals surface area contributed by atoms with Gasteiger partial charge in [0.2, 0.25) is 9.84 Å². The fraction of sp³-hybridized carbons (Fsp3) is 0.333. The standard InChI is InChI=1S/C24H25ClN2O5S/c1-3-32-24(28)16-5-4-12-27(15-16)23-20-13-17(25)6-11-21(20)26-14-22(23)33(29,30)19-9-7-18(31-2)8-10-19/h6-11,13-14,16H,3-5,12,15H2,1-2H3/t16-/m1/s1.